The fourth-order valence-corrected chi connectivity index (χ4v) is 4.73. The van der Waals surface area contributed by atoms with Crippen molar-refractivity contribution in [3.8, 4) is 0 Å². The highest BCUT2D eigenvalue weighted by Crippen LogP contribution is 2.21. The van der Waals surface area contributed by atoms with E-state index in [1.807, 2.05) is 0 Å². The van der Waals surface area contributed by atoms with Crippen molar-refractivity contribution in [1.82, 2.24) is 4.31 Å². The van der Waals surface area contributed by atoms with E-state index in [0.29, 0.717) is 28.4 Å². The molecule has 0 aliphatic carbocycles. The molecule has 3 rings (SSSR count). The monoisotopic (exact) mass is 518 g/mol. The Balaban J connectivity index is 1.76. The summed E-state index contributed by atoms with van der Waals surface area (Å²) in [5.74, 6) is -1.37. The molecule has 0 aliphatic rings. The molecule has 1 amide bonds. The average Bonchev–Trinajstić information content (AvgIpc) is 2.82. The number of amides is 1. The topological polar surface area (TPSA) is 92.8 Å². The second-order valence-electron chi connectivity index (χ2n) is 7.58. The third-order valence-corrected chi connectivity index (χ3v) is 6.99. The van der Waals surface area contributed by atoms with Crippen molar-refractivity contribution in [2.75, 3.05) is 18.5 Å². The quantitative estimate of drug-likeness (QED) is 0.401. The molecular formula is C25H24ClFN2O5S. The van der Waals surface area contributed by atoms with Gasteiger partial charge in [-0.2, -0.15) is 4.31 Å². The summed E-state index contributed by atoms with van der Waals surface area (Å²) in [5.41, 5.74) is 1.66. The Morgan fingerprint density at radius 3 is 2.14 bits per heavy atom. The fourth-order valence-electron chi connectivity index (χ4n) is 3.22. The van der Waals surface area contributed by atoms with Crippen LogP contribution < -0.4 is 5.32 Å². The van der Waals surface area contributed by atoms with Crippen LogP contribution in [0.25, 0.3) is 0 Å². The summed E-state index contributed by atoms with van der Waals surface area (Å²) in [5, 5.41) is 3.04. The zero-order chi connectivity index (χ0) is 25.4. The van der Waals surface area contributed by atoms with Gasteiger partial charge in [0, 0.05) is 17.3 Å². The molecule has 0 unspecified atom stereocenters. The maximum absolute atomic E-state index is 13.3. The number of hydrogen-bond acceptors (Lipinski definition) is 5. The van der Waals surface area contributed by atoms with Crippen molar-refractivity contribution >= 4 is 39.2 Å². The molecule has 3 aromatic rings. The number of carbonyl (C=O) groups excluding carboxylic acids is 2. The van der Waals surface area contributed by atoms with E-state index in [9.17, 15) is 22.4 Å². The lowest BCUT2D eigenvalue weighted by Gasteiger charge is -2.22. The van der Waals surface area contributed by atoms with Gasteiger partial charge in [-0.05, 0) is 66.6 Å². The van der Waals surface area contributed by atoms with Gasteiger partial charge in [0.1, 0.15) is 5.82 Å². The highest BCUT2D eigenvalue weighted by molar-refractivity contribution is 7.89. The minimum absolute atomic E-state index is 0.0277. The van der Waals surface area contributed by atoms with Crippen LogP contribution in [0.5, 0.6) is 0 Å². The lowest BCUT2D eigenvalue weighted by Crippen LogP contribution is -2.37. The number of rotatable bonds is 10. The number of ether oxygens (including phenoxy) is 1. The lowest BCUT2D eigenvalue weighted by molar-refractivity contribution is -0.142. The molecule has 1 N–H and O–H groups in total. The van der Waals surface area contributed by atoms with Gasteiger partial charge in [-0.15, -0.1) is 0 Å². The zero-order valence-electron chi connectivity index (χ0n) is 18.9. The Hall–Kier alpha value is -3.27. The van der Waals surface area contributed by atoms with E-state index in [-0.39, 0.29) is 23.8 Å². The van der Waals surface area contributed by atoms with Crippen molar-refractivity contribution in [1.29, 1.82) is 0 Å². The maximum atomic E-state index is 13.3. The van der Waals surface area contributed by atoms with Crippen LogP contribution in [0.1, 0.15) is 18.1 Å². The van der Waals surface area contributed by atoms with Crippen LogP contribution in [0.2, 0.25) is 5.02 Å². The summed E-state index contributed by atoms with van der Waals surface area (Å²) < 4.78 is 45.8. The van der Waals surface area contributed by atoms with Crippen LogP contribution in [0.4, 0.5) is 10.1 Å². The maximum Gasteiger partial charge on any atom is 0.310 e. The molecule has 7 nitrogen and oxygen atoms in total. The van der Waals surface area contributed by atoms with Gasteiger partial charge in [-0.3, -0.25) is 9.59 Å². The minimum Gasteiger partial charge on any atom is -0.466 e. The van der Waals surface area contributed by atoms with Crippen LogP contribution >= 0.6 is 11.6 Å². The summed E-state index contributed by atoms with van der Waals surface area (Å²) in [6, 6.07) is 17.5. The van der Waals surface area contributed by atoms with Gasteiger partial charge in [0.15, 0.2) is 0 Å². The number of halogens is 2. The lowest BCUT2D eigenvalue weighted by atomic mass is 10.1. The predicted molar refractivity (Wildman–Crippen MR) is 131 cm³/mol. The third-order valence-electron chi connectivity index (χ3n) is 4.94. The van der Waals surface area contributed by atoms with E-state index < -0.39 is 28.3 Å². The van der Waals surface area contributed by atoms with Crippen molar-refractivity contribution in [2.24, 2.45) is 0 Å². The van der Waals surface area contributed by atoms with E-state index in [0.717, 1.165) is 4.31 Å². The van der Waals surface area contributed by atoms with Crippen LogP contribution in [-0.4, -0.2) is 37.8 Å². The molecule has 0 radical (unpaired) electrons. The first-order valence-corrected chi connectivity index (χ1v) is 12.5. The molecule has 10 heteroatoms. The summed E-state index contributed by atoms with van der Waals surface area (Å²) in [6.07, 6.45) is 0.104. The van der Waals surface area contributed by atoms with Crippen LogP contribution in [0.15, 0.2) is 77.7 Å². The molecule has 0 aromatic heterocycles. The third kappa shape index (κ3) is 7.61. The molecule has 0 heterocycles. The molecular weight excluding hydrogens is 495 g/mol. The molecule has 0 bridgehead atoms. The SMILES string of the molecule is CCOC(=O)Cc1ccc(NC(=O)CN(Cc2ccc(F)cc2)S(=O)(=O)c2ccc(Cl)cc2)cc1. The predicted octanol–water partition coefficient (Wildman–Crippen LogP) is 4.41. The number of benzene rings is 3. The Morgan fingerprint density at radius 1 is 0.943 bits per heavy atom. The number of nitrogens with one attached hydrogen (secondary N) is 1. The number of carbonyl (C=O) groups is 2. The second-order valence-corrected chi connectivity index (χ2v) is 9.95. The van der Waals surface area contributed by atoms with Crippen molar-refractivity contribution in [2.45, 2.75) is 24.8 Å². The molecule has 35 heavy (non-hydrogen) atoms. The smallest absolute Gasteiger partial charge is 0.310 e. The molecule has 3 aromatic carbocycles. The number of sulfonamides is 1. The molecule has 0 atom stereocenters. The largest absolute Gasteiger partial charge is 0.466 e. The van der Waals surface area contributed by atoms with Crippen molar-refractivity contribution in [3.05, 3.63) is 94.8 Å². The highest BCUT2D eigenvalue weighted by Gasteiger charge is 2.27. The van der Waals surface area contributed by atoms with Crippen LogP contribution in [0, 0.1) is 5.82 Å². The Labute approximate surface area is 208 Å². The molecule has 0 spiro atoms. The van der Waals surface area contributed by atoms with Crippen LogP contribution in [-0.2, 0) is 37.3 Å². The molecule has 184 valence electrons. The molecule has 0 fully saturated rings. The standard InChI is InChI=1S/C25H24ClFN2O5S/c1-2-34-25(31)15-18-5-11-22(12-6-18)28-24(30)17-29(16-19-3-9-21(27)10-4-19)35(32,33)23-13-7-20(26)8-14-23/h3-14H,2,15-17H2,1H3,(H,28,30). The number of esters is 1. The molecule has 0 saturated heterocycles. The molecule has 0 aliphatic heterocycles. The summed E-state index contributed by atoms with van der Waals surface area (Å²) in [4.78, 5) is 24.4. The van der Waals surface area contributed by atoms with E-state index in [1.54, 1.807) is 31.2 Å². The van der Waals surface area contributed by atoms with E-state index >= 15 is 0 Å². The Kier molecular flexibility index (Phi) is 8.97. The van der Waals surface area contributed by atoms with Gasteiger partial charge >= 0.3 is 5.97 Å². The highest BCUT2D eigenvalue weighted by atomic mass is 35.5. The van der Waals surface area contributed by atoms with E-state index in [4.69, 9.17) is 16.3 Å². The van der Waals surface area contributed by atoms with Gasteiger partial charge in [0.05, 0.1) is 24.5 Å². The number of nitrogens with zero attached hydrogens (tertiary/aromatic N) is 1. The normalized spacial score (nSPS) is 11.3. The number of hydrogen-bond donors (Lipinski definition) is 1. The summed E-state index contributed by atoms with van der Waals surface area (Å²) in [7, 11) is -4.07. The average molecular weight is 519 g/mol. The first-order valence-electron chi connectivity index (χ1n) is 10.7. The Morgan fingerprint density at radius 2 is 1.54 bits per heavy atom. The second kappa shape index (κ2) is 11.9. The van der Waals surface area contributed by atoms with Gasteiger partial charge in [-0.25, -0.2) is 12.8 Å². The van der Waals surface area contributed by atoms with Gasteiger partial charge in [0.2, 0.25) is 15.9 Å². The first-order chi connectivity index (χ1) is 16.7. The molecule has 0 saturated carbocycles. The van der Waals surface area contributed by atoms with E-state index in [2.05, 4.69) is 5.32 Å². The van der Waals surface area contributed by atoms with Gasteiger partial charge < -0.3 is 10.1 Å². The van der Waals surface area contributed by atoms with Gasteiger partial charge in [-0.1, -0.05) is 35.9 Å². The summed E-state index contributed by atoms with van der Waals surface area (Å²) in [6.45, 7) is 1.40. The van der Waals surface area contributed by atoms with Crippen molar-refractivity contribution in [3.63, 3.8) is 0 Å². The van der Waals surface area contributed by atoms with Crippen molar-refractivity contribution < 1.29 is 27.1 Å². The minimum atomic E-state index is -4.07. The van der Waals surface area contributed by atoms with Gasteiger partial charge in [0.25, 0.3) is 0 Å². The Bertz CT molecular complexity index is 1260. The van der Waals surface area contributed by atoms with E-state index in [1.165, 1.54) is 48.5 Å². The number of anilines is 1. The fraction of sp³-hybridized carbons (Fsp3) is 0.200. The zero-order valence-corrected chi connectivity index (χ0v) is 20.5. The summed E-state index contributed by atoms with van der Waals surface area (Å²) >= 11 is 5.88. The van der Waals surface area contributed by atoms with Crippen LogP contribution in [0.3, 0.4) is 0 Å². The first kappa shape index (κ1) is 26.3.